The second-order valence-electron chi connectivity index (χ2n) is 12.2. The minimum atomic E-state index is -3.91. The van der Waals surface area contributed by atoms with Crippen molar-refractivity contribution in [2.24, 2.45) is 13.0 Å². The number of aromatic nitrogens is 2. The molecular formula is C33H45N7O7S. The zero-order chi connectivity index (χ0) is 35.0. The molecule has 3 atom stereocenters. The van der Waals surface area contributed by atoms with Crippen molar-refractivity contribution < 1.29 is 32.6 Å². The number of rotatable bonds is 14. The number of para-hydroxylation sites is 2. The first-order valence-electron chi connectivity index (χ1n) is 15.9. The summed E-state index contributed by atoms with van der Waals surface area (Å²) in [7, 11) is -0.773. The van der Waals surface area contributed by atoms with Crippen LogP contribution in [0.2, 0.25) is 0 Å². The maximum Gasteiger partial charge on any atom is 0.261 e. The number of hydrogen-bond donors (Lipinski definition) is 4. The van der Waals surface area contributed by atoms with E-state index in [4.69, 9.17) is 10.5 Å². The summed E-state index contributed by atoms with van der Waals surface area (Å²) in [5.74, 6) is -0.835. The summed E-state index contributed by atoms with van der Waals surface area (Å²) in [6.45, 7) is 3.50. The van der Waals surface area contributed by atoms with Crippen molar-refractivity contribution in [2.75, 3.05) is 43.1 Å². The van der Waals surface area contributed by atoms with E-state index < -0.39 is 22.2 Å². The van der Waals surface area contributed by atoms with Crippen LogP contribution in [-0.2, 0) is 26.7 Å². The third-order valence-electron chi connectivity index (χ3n) is 8.28. The molecule has 48 heavy (non-hydrogen) atoms. The molecule has 5 N–H and O–H groups in total. The largest absolute Gasteiger partial charge is 0.488 e. The number of likely N-dealkylation sites (N-methyl/N-ethyl adjacent to an activating group) is 1. The van der Waals surface area contributed by atoms with E-state index in [1.165, 1.54) is 29.9 Å². The maximum atomic E-state index is 13.7. The minimum Gasteiger partial charge on any atom is -0.488 e. The number of nitrogens with zero attached hydrogens (tertiary/aromatic N) is 4. The highest BCUT2D eigenvalue weighted by Crippen LogP contribution is 2.31. The third kappa shape index (κ3) is 9.11. The molecule has 0 aliphatic carbocycles. The average molecular weight is 684 g/mol. The molecule has 4 rings (SSSR count). The Labute approximate surface area is 281 Å². The van der Waals surface area contributed by atoms with Gasteiger partial charge in [0, 0.05) is 51.3 Å². The summed E-state index contributed by atoms with van der Waals surface area (Å²) in [6, 6.07) is 11.3. The van der Waals surface area contributed by atoms with Gasteiger partial charge in [-0.3, -0.25) is 14.4 Å². The molecule has 0 spiro atoms. The van der Waals surface area contributed by atoms with E-state index in [0.717, 1.165) is 0 Å². The van der Waals surface area contributed by atoms with Gasteiger partial charge in [-0.1, -0.05) is 25.5 Å². The Balaban J connectivity index is 1.40. The lowest BCUT2D eigenvalue weighted by Gasteiger charge is -2.38. The number of aliphatic hydroxyl groups excluding tert-OH is 1. The smallest absolute Gasteiger partial charge is 0.261 e. The number of amides is 3. The number of imidazole rings is 1. The zero-order valence-corrected chi connectivity index (χ0v) is 28.6. The Bertz CT molecular complexity index is 1710. The van der Waals surface area contributed by atoms with E-state index in [1.807, 2.05) is 6.92 Å². The predicted molar refractivity (Wildman–Crippen MR) is 182 cm³/mol. The average Bonchev–Trinajstić information content (AvgIpc) is 3.50. The van der Waals surface area contributed by atoms with Gasteiger partial charge in [-0.25, -0.2) is 13.4 Å². The molecule has 0 saturated carbocycles. The number of benzene rings is 2. The minimum absolute atomic E-state index is 0.0183. The fourth-order valence-corrected chi connectivity index (χ4v) is 6.49. The van der Waals surface area contributed by atoms with Gasteiger partial charge in [0.15, 0.2) is 5.03 Å². The Hall–Kier alpha value is -4.47. The summed E-state index contributed by atoms with van der Waals surface area (Å²) in [6.07, 6.45) is 4.54. The first-order valence-corrected chi connectivity index (χ1v) is 17.3. The number of fused-ring (bicyclic) bond motifs is 1. The molecule has 1 aliphatic heterocycles. The van der Waals surface area contributed by atoms with Gasteiger partial charge in [0.2, 0.25) is 11.8 Å². The topological polar surface area (TPSA) is 189 Å². The van der Waals surface area contributed by atoms with E-state index in [0.29, 0.717) is 42.7 Å². The molecule has 14 nitrogen and oxygen atoms in total. The van der Waals surface area contributed by atoms with Crippen LogP contribution in [0.3, 0.4) is 0 Å². The van der Waals surface area contributed by atoms with Gasteiger partial charge in [0.1, 0.15) is 11.9 Å². The number of nitrogens with two attached hydrogens (primary N) is 1. The maximum absolute atomic E-state index is 13.7. The Kier molecular flexibility index (Phi) is 12.2. The second-order valence-corrected chi connectivity index (χ2v) is 14.2. The lowest BCUT2D eigenvalue weighted by molar-refractivity contribution is -0.116. The molecule has 0 unspecified atom stereocenters. The van der Waals surface area contributed by atoms with Gasteiger partial charge in [0.05, 0.1) is 42.5 Å². The standard InChI is InChI=1S/C33H45N7O7S/c1-22-17-40(23(2)20-41)33(44)25-16-24(36-30(42)12-6-5-7-13-31(43)37-27-11-9-8-10-26(27)34)14-15-28(25)47-29(22)18-39(4)48(45,46)32-19-38(3)21-35-32/h8-11,14-16,19,21-23,29,41H,5-7,12-13,17-18,20,34H2,1-4H3,(H,36,42)(H,37,43)/t22-,23+,29-/m0/s1. The fraction of sp³-hybridized carbons (Fsp3) is 0.455. The Morgan fingerprint density at radius 3 is 2.46 bits per heavy atom. The highest BCUT2D eigenvalue weighted by atomic mass is 32.2. The molecule has 1 aromatic heterocycles. The summed E-state index contributed by atoms with van der Waals surface area (Å²) in [4.78, 5) is 44.3. The van der Waals surface area contributed by atoms with Crippen molar-refractivity contribution >= 4 is 44.8 Å². The number of anilines is 3. The lowest BCUT2D eigenvalue weighted by Crippen LogP contribution is -2.50. The third-order valence-corrected chi connectivity index (χ3v) is 9.99. The molecule has 0 saturated heterocycles. The van der Waals surface area contributed by atoms with Crippen LogP contribution in [0.4, 0.5) is 17.1 Å². The van der Waals surface area contributed by atoms with E-state index in [9.17, 15) is 27.9 Å². The predicted octanol–water partition coefficient (Wildman–Crippen LogP) is 3.07. The molecular weight excluding hydrogens is 638 g/mol. The summed E-state index contributed by atoms with van der Waals surface area (Å²) >= 11 is 0. The number of unbranched alkanes of at least 4 members (excludes halogenated alkanes) is 2. The molecule has 0 bridgehead atoms. The second kappa shape index (κ2) is 16.1. The van der Waals surface area contributed by atoms with Crippen molar-refractivity contribution in [3.05, 3.63) is 60.6 Å². The van der Waals surface area contributed by atoms with Gasteiger partial charge in [-0.05, 0) is 50.1 Å². The number of carbonyl (C=O) groups is 3. The summed E-state index contributed by atoms with van der Waals surface area (Å²) in [5, 5.41) is 15.5. The van der Waals surface area contributed by atoms with Gasteiger partial charge < -0.3 is 35.7 Å². The molecule has 2 aromatic carbocycles. The van der Waals surface area contributed by atoms with Crippen LogP contribution in [-0.4, -0.2) is 88.9 Å². The number of nitrogens with one attached hydrogen (secondary N) is 2. The molecule has 0 fully saturated rings. The highest BCUT2D eigenvalue weighted by Gasteiger charge is 2.35. The van der Waals surface area contributed by atoms with E-state index >= 15 is 0 Å². The van der Waals surface area contributed by atoms with Crippen LogP contribution < -0.4 is 21.1 Å². The van der Waals surface area contributed by atoms with Gasteiger partial charge in [-0.15, -0.1) is 0 Å². The number of aliphatic hydroxyl groups is 1. The zero-order valence-electron chi connectivity index (χ0n) is 27.8. The molecule has 2 heterocycles. The van der Waals surface area contributed by atoms with Gasteiger partial charge in [0.25, 0.3) is 15.9 Å². The van der Waals surface area contributed by atoms with E-state index in [2.05, 4.69) is 15.6 Å². The molecule has 0 radical (unpaired) electrons. The van der Waals surface area contributed by atoms with E-state index in [-0.39, 0.29) is 66.1 Å². The van der Waals surface area contributed by atoms with Crippen LogP contribution >= 0.6 is 0 Å². The highest BCUT2D eigenvalue weighted by molar-refractivity contribution is 7.89. The number of carbonyl (C=O) groups excluding carboxylic acids is 3. The SMILES string of the molecule is C[C@H](CO)N1C[C@H](C)[C@H](CN(C)S(=O)(=O)c2cn(C)cn2)Oc2ccc(NC(=O)CCCCCC(=O)Nc3ccccc3N)cc2C1=O. The van der Waals surface area contributed by atoms with Crippen LogP contribution in [0, 0.1) is 5.92 Å². The quantitative estimate of drug-likeness (QED) is 0.146. The monoisotopic (exact) mass is 683 g/mol. The fourth-order valence-electron chi connectivity index (χ4n) is 5.35. The molecule has 3 aromatic rings. The first kappa shape index (κ1) is 36.4. The van der Waals surface area contributed by atoms with Gasteiger partial charge in [-0.2, -0.15) is 4.31 Å². The van der Waals surface area contributed by atoms with Crippen molar-refractivity contribution in [2.45, 2.75) is 63.1 Å². The normalized spacial score (nSPS) is 17.2. The first-order chi connectivity index (χ1) is 22.8. The molecule has 3 amide bonds. The summed E-state index contributed by atoms with van der Waals surface area (Å²) in [5.41, 5.74) is 7.52. The van der Waals surface area contributed by atoms with Crippen molar-refractivity contribution in [3.8, 4) is 5.75 Å². The number of ether oxygens (including phenoxy) is 1. The van der Waals surface area contributed by atoms with Crippen LogP contribution in [0.15, 0.2) is 60.0 Å². The number of sulfonamides is 1. The van der Waals surface area contributed by atoms with Crippen molar-refractivity contribution in [1.82, 2.24) is 18.8 Å². The number of aryl methyl sites for hydroxylation is 1. The Morgan fingerprint density at radius 2 is 1.81 bits per heavy atom. The summed E-state index contributed by atoms with van der Waals surface area (Å²) < 4.78 is 35.4. The number of nitrogen functional groups attached to an aromatic ring is 1. The van der Waals surface area contributed by atoms with Gasteiger partial charge >= 0.3 is 0 Å². The van der Waals surface area contributed by atoms with Crippen LogP contribution in [0.5, 0.6) is 5.75 Å². The lowest BCUT2D eigenvalue weighted by atomic mass is 9.99. The van der Waals surface area contributed by atoms with Crippen molar-refractivity contribution in [3.63, 3.8) is 0 Å². The van der Waals surface area contributed by atoms with Crippen LogP contribution in [0.25, 0.3) is 0 Å². The Morgan fingerprint density at radius 1 is 1.12 bits per heavy atom. The van der Waals surface area contributed by atoms with Crippen LogP contribution in [0.1, 0.15) is 56.3 Å². The molecule has 15 heteroatoms. The van der Waals surface area contributed by atoms with Crippen molar-refractivity contribution in [1.29, 1.82) is 0 Å². The molecule has 260 valence electrons. The number of hydrogen-bond acceptors (Lipinski definition) is 9. The molecule has 1 aliphatic rings. The van der Waals surface area contributed by atoms with E-state index in [1.54, 1.807) is 59.8 Å².